The summed E-state index contributed by atoms with van der Waals surface area (Å²) in [7, 11) is 1.53. The van der Waals surface area contributed by atoms with Gasteiger partial charge < -0.3 is 25.9 Å². The van der Waals surface area contributed by atoms with Gasteiger partial charge in [0.1, 0.15) is 5.82 Å². The van der Waals surface area contributed by atoms with Gasteiger partial charge in [0.15, 0.2) is 0 Å². The maximum absolute atomic E-state index is 11.3. The number of nitrogens with zero attached hydrogens (tertiary/aromatic N) is 2. The van der Waals surface area contributed by atoms with Gasteiger partial charge in [-0.15, -0.1) is 0 Å². The second-order valence-corrected chi connectivity index (χ2v) is 7.51. The number of carboxylic acid groups (broad SMARTS) is 1. The van der Waals surface area contributed by atoms with E-state index in [0.717, 1.165) is 54.9 Å². The number of methoxy groups -OCH3 is 1. The van der Waals surface area contributed by atoms with Gasteiger partial charge >= 0.3 is 5.97 Å². The predicted molar refractivity (Wildman–Crippen MR) is 120 cm³/mol. The number of ether oxygens (including phenoxy) is 1. The van der Waals surface area contributed by atoms with Crippen molar-refractivity contribution in [1.29, 1.82) is 5.41 Å². The molecule has 8 heteroatoms. The first-order valence-electron chi connectivity index (χ1n) is 10.5. The summed E-state index contributed by atoms with van der Waals surface area (Å²) < 4.78 is 5.06. The molecular formula is C23H29N5O3. The summed E-state index contributed by atoms with van der Waals surface area (Å²) >= 11 is 0. The average molecular weight is 424 g/mol. The van der Waals surface area contributed by atoms with Gasteiger partial charge in [-0.1, -0.05) is 12.1 Å². The molecule has 3 rings (SSSR count). The highest BCUT2D eigenvalue weighted by atomic mass is 16.5. The Morgan fingerprint density at radius 1 is 1.39 bits per heavy atom. The highest BCUT2D eigenvalue weighted by Crippen LogP contribution is 2.21. The second-order valence-electron chi connectivity index (χ2n) is 7.51. The fourth-order valence-corrected chi connectivity index (χ4v) is 3.54. The molecule has 31 heavy (non-hydrogen) atoms. The van der Waals surface area contributed by atoms with Crippen molar-refractivity contribution < 1.29 is 14.6 Å². The van der Waals surface area contributed by atoms with E-state index in [1.54, 1.807) is 24.5 Å². The van der Waals surface area contributed by atoms with E-state index in [-0.39, 0.29) is 6.42 Å². The molecule has 0 fully saturated rings. The quantitative estimate of drug-likeness (QED) is 0.408. The van der Waals surface area contributed by atoms with Crippen molar-refractivity contribution in [3.05, 3.63) is 59.1 Å². The van der Waals surface area contributed by atoms with Crippen molar-refractivity contribution >= 4 is 18.0 Å². The molecular weight excluding hydrogens is 394 g/mol. The fraction of sp³-hybridized carbons (Fsp3) is 0.391. The zero-order valence-electron chi connectivity index (χ0n) is 17.7. The van der Waals surface area contributed by atoms with Crippen molar-refractivity contribution in [2.45, 2.75) is 44.6 Å². The third-order valence-corrected chi connectivity index (χ3v) is 5.25. The molecule has 2 aromatic heterocycles. The van der Waals surface area contributed by atoms with Crippen LogP contribution in [0.1, 0.15) is 48.5 Å². The summed E-state index contributed by atoms with van der Waals surface area (Å²) in [5, 5.41) is 23.5. The van der Waals surface area contributed by atoms with Crippen molar-refractivity contribution in [3.63, 3.8) is 0 Å². The van der Waals surface area contributed by atoms with Gasteiger partial charge in [-0.2, -0.15) is 0 Å². The fourth-order valence-electron chi connectivity index (χ4n) is 3.54. The Morgan fingerprint density at radius 2 is 2.26 bits per heavy atom. The Balaban J connectivity index is 1.58. The third-order valence-electron chi connectivity index (χ3n) is 5.25. The largest absolute Gasteiger partial charge is 0.481 e. The van der Waals surface area contributed by atoms with Crippen molar-refractivity contribution in [2.24, 2.45) is 0 Å². The zero-order chi connectivity index (χ0) is 22.1. The number of nitrogens with one attached hydrogen (secondary N) is 3. The van der Waals surface area contributed by atoms with Gasteiger partial charge in [0.05, 0.1) is 19.6 Å². The lowest BCUT2D eigenvalue weighted by Crippen LogP contribution is -2.20. The predicted octanol–water partition coefficient (Wildman–Crippen LogP) is 3.51. The molecule has 0 aromatic carbocycles. The Kier molecular flexibility index (Phi) is 7.98. The first-order valence-corrected chi connectivity index (χ1v) is 10.5. The van der Waals surface area contributed by atoms with E-state index in [9.17, 15) is 9.90 Å². The maximum Gasteiger partial charge on any atom is 0.305 e. The average Bonchev–Trinajstić information content (AvgIpc) is 2.80. The molecule has 164 valence electrons. The number of carbonyl (C=O) groups is 1. The van der Waals surface area contributed by atoms with Gasteiger partial charge in [-0.25, -0.2) is 9.97 Å². The van der Waals surface area contributed by atoms with E-state index in [1.807, 2.05) is 0 Å². The number of hydrogen-bond acceptors (Lipinski definition) is 7. The minimum Gasteiger partial charge on any atom is -0.481 e. The highest BCUT2D eigenvalue weighted by Gasteiger charge is 2.15. The van der Waals surface area contributed by atoms with Crippen LogP contribution in [-0.2, 0) is 17.6 Å². The zero-order valence-corrected chi connectivity index (χ0v) is 17.7. The maximum atomic E-state index is 11.3. The van der Waals surface area contributed by atoms with Crippen LogP contribution in [0.15, 0.2) is 42.2 Å². The number of rotatable bonds is 11. The molecule has 1 aliphatic rings. The van der Waals surface area contributed by atoms with Crippen molar-refractivity contribution in [3.8, 4) is 5.88 Å². The van der Waals surface area contributed by atoms with E-state index in [4.69, 9.17) is 15.1 Å². The molecule has 1 atom stereocenters. The van der Waals surface area contributed by atoms with Crippen LogP contribution in [0.2, 0.25) is 0 Å². The smallest absolute Gasteiger partial charge is 0.305 e. The number of pyridine rings is 2. The molecule has 3 heterocycles. The van der Waals surface area contributed by atoms with Gasteiger partial charge in [0.25, 0.3) is 0 Å². The molecule has 0 amide bonds. The van der Waals surface area contributed by atoms with Gasteiger partial charge in [-0.3, -0.25) is 4.79 Å². The normalized spacial score (nSPS) is 14.2. The van der Waals surface area contributed by atoms with Crippen LogP contribution in [-0.4, -0.2) is 40.9 Å². The number of aryl methyl sites for hydroxylation is 2. The third kappa shape index (κ3) is 6.53. The minimum absolute atomic E-state index is 0.0954. The van der Waals surface area contributed by atoms with E-state index < -0.39 is 12.0 Å². The minimum atomic E-state index is -0.912. The lowest BCUT2D eigenvalue weighted by atomic mass is 10.0. The molecule has 0 saturated heterocycles. The number of allylic oxidation sites excluding steroid dienone is 1. The van der Waals surface area contributed by atoms with Crippen LogP contribution >= 0.6 is 0 Å². The van der Waals surface area contributed by atoms with Crippen LogP contribution in [0.3, 0.4) is 0 Å². The van der Waals surface area contributed by atoms with E-state index in [2.05, 4.69) is 27.8 Å². The number of carboxylic acids is 1. The Morgan fingerprint density at radius 3 is 2.97 bits per heavy atom. The van der Waals surface area contributed by atoms with E-state index >= 15 is 0 Å². The molecule has 0 spiro atoms. The van der Waals surface area contributed by atoms with Gasteiger partial charge in [-0.05, 0) is 54.9 Å². The lowest BCUT2D eigenvalue weighted by molar-refractivity contribution is -0.137. The first-order chi connectivity index (χ1) is 15.1. The topological polar surface area (TPSA) is 120 Å². The molecule has 8 nitrogen and oxygen atoms in total. The monoisotopic (exact) mass is 423 g/mol. The molecule has 0 radical (unpaired) electrons. The second kappa shape index (κ2) is 11.1. The van der Waals surface area contributed by atoms with Crippen molar-refractivity contribution in [2.75, 3.05) is 19.0 Å². The lowest BCUT2D eigenvalue weighted by Gasteiger charge is -2.17. The molecule has 0 bridgehead atoms. The van der Waals surface area contributed by atoms with Crippen molar-refractivity contribution in [1.82, 2.24) is 15.3 Å². The van der Waals surface area contributed by atoms with Gasteiger partial charge in [0, 0.05) is 36.9 Å². The molecule has 1 aliphatic heterocycles. The van der Waals surface area contributed by atoms with Crippen LogP contribution in [0.25, 0.3) is 0 Å². The summed E-state index contributed by atoms with van der Waals surface area (Å²) in [5.41, 5.74) is 3.86. The summed E-state index contributed by atoms with van der Waals surface area (Å²) in [6.07, 6.45) is 9.13. The van der Waals surface area contributed by atoms with E-state index in [0.29, 0.717) is 12.3 Å². The van der Waals surface area contributed by atoms with Gasteiger partial charge in [0.2, 0.25) is 5.88 Å². The standard InChI is InChI=1S/C23H29N5O3/c1-31-21-10-8-18(15-27-21)20(12-22(29)30)26-14-16(13-24)4-2-6-19-9-7-17-5-3-11-25-23(17)28-19/h7-10,13-15,20,24,26H,2-6,11-12H2,1H3,(H,25,28)(H,29,30)/b16-14-,24-13?. The molecule has 1 unspecified atom stereocenters. The molecule has 0 aliphatic carbocycles. The van der Waals surface area contributed by atoms with E-state index in [1.165, 1.54) is 18.9 Å². The number of anilines is 1. The number of fused-ring (bicyclic) bond motifs is 1. The van der Waals surface area contributed by atoms with Crippen LogP contribution < -0.4 is 15.4 Å². The summed E-state index contributed by atoms with van der Waals surface area (Å²) in [6.45, 7) is 0.969. The molecule has 4 N–H and O–H groups in total. The SMILES string of the molecule is COc1ccc(C(CC(=O)O)N/C=C(\C=N)CCCc2ccc3c(n2)NCCC3)cn1. The van der Waals surface area contributed by atoms with Crippen LogP contribution in [0.4, 0.5) is 5.82 Å². The first kappa shape index (κ1) is 22.3. The Hall–Kier alpha value is -3.42. The van der Waals surface area contributed by atoms with Crippen LogP contribution in [0, 0.1) is 5.41 Å². The van der Waals surface area contributed by atoms with Crippen LogP contribution in [0.5, 0.6) is 5.88 Å². The summed E-state index contributed by atoms with van der Waals surface area (Å²) in [6, 6.07) is 7.28. The highest BCUT2D eigenvalue weighted by molar-refractivity contribution is 5.75. The Labute approximate surface area is 182 Å². The Bertz CT molecular complexity index is 927. The number of aliphatic carboxylic acids is 1. The number of aromatic nitrogens is 2. The molecule has 0 saturated carbocycles. The molecule has 2 aromatic rings. The summed E-state index contributed by atoms with van der Waals surface area (Å²) in [5.74, 6) is 0.558. The number of hydrogen-bond donors (Lipinski definition) is 4. The summed E-state index contributed by atoms with van der Waals surface area (Å²) in [4.78, 5) is 20.2.